The number of hydrogen-bond donors (Lipinski definition) is 0. The molecule has 0 spiro atoms. The highest BCUT2D eigenvalue weighted by Gasteiger charge is 1.88. The van der Waals surface area contributed by atoms with Crippen LogP contribution in [0.5, 0.6) is 5.75 Å². The number of benzene rings is 1. The highest BCUT2D eigenvalue weighted by Crippen LogP contribution is 2.11. The van der Waals surface area contributed by atoms with E-state index in [0.29, 0.717) is 0 Å². The smallest absolute Gasteiger partial charge is 0.118 e. The number of methoxy groups -OCH3 is 1. The Labute approximate surface area is 89.2 Å². The van der Waals surface area contributed by atoms with Gasteiger partial charge in [0.1, 0.15) is 5.75 Å². The molecule has 0 saturated carbocycles. The van der Waals surface area contributed by atoms with Crippen LogP contribution in [0.4, 0.5) is 0 Å². The minimum absolute atomic E-state index is 0.873. The Balaban J connectivity index is 2.64. The van der Waals surface area contributed by atoms with Crippen LogP contribution >= 0.6 is 11.8 Å². The van der Waals surface area contributed by atoms with Crippen LogP contribution in [0.15, 0.2) is 30.3 Å². The lowest BCUT2D eigenvalue weighted by Gasteiger charge is -1.98. The van der Waals surface area contributed by atoms with E-state index >= 15 is 0 Å². The summed E-state index contributed by atoms with van der Waals surface area (Å²) < 4.78 is 5.06. The molecule has 0 aliphatic heterocycles. The maximum Gasteiger partial charge on any atom is 0.118 e. The van der Waals surface area contributed by atoms with E-state index in [2.05, 4.69) is 11.2 Å². The molecule has 0 radical (unpaired) electrons. The molecule has 0 aliphatic carbocycles. The minimum atomic E-state index is 0.873. The summed E-state index contributed by atoms with van der Waals surface area (Å²) in [5.74, 6) is 3.79. The van der Waals surface area contributed by atoms with E-state index < -0.39 is 0 Å². The standard InChI is InChI=1S/C12H12OS/c1-13-12-8-6-11(7-9-12)5-3-4-10-14-2/h3,5-9H,1-2H3/b5-3+. The van der Waals surface area contributed by atoms with Gasteiger partial charge in [-0.15, -0.1) is 0 Å². The van der Waals surface area contributed by atoms with Crippen molar-refractivity contribution in [3.8, 4) is 16.9 Å². The molecule has 1 aromatic carbocycles. The predicted molar refractivity (Wildman–Crippen MR) is 63.3 cm³/mol. The molecular weight excluding hydrogens is 192 g/mol. The van der Waals surface area contributed by atoms with Gasteiger partial charge in [-0.25, -0.2) is 0 Å². The van der Waals surface area contributed by atoms with Crippen molar-refractivity contribution in [1.82, 2.24) is 0 Å². The van der Waals surface area contributed by atoms with E-state index in [4.69, 9.17) is 4.74 Å². The molecule has 0 saturated heterocycles. The summed E-state index contributed by atoms with van der Waals surface area (Å²) in [6, 6.07) is 7.86. The Kier molecular flexibility index (Phi) is 4.74. The van der Waals surface area contributed by atoms with Crippen molar-refractivity contribution in [2.45, 2.75) is 0 Å². The second kappa shape index (κ2) is 6.17. The fourth-order valence-electron chi connectivity index (χ4n) is 0.946. The van der Waals surface area contributed by atoms with E-state index in [9.17, 15) is 0 Å². The van der Waals surface area contributed by atoms with Gasteiger partial charge in [-0.3, -0.25) is 0 Å². The molecule has 0 amide bonds. The first kappa shape index (κ1) is 10.7. The molecule has 0 heterocycles. The monoisotopic (exact) mass is 204 g/mol. The summed E-state index contributed by atoms with van der Waals surface area (Å²) in [4.78, 5) is 0. The largest absolute Gasteiger partial charge is 0.497 e. The van der Waals surface area contributed by atoms with Crippen LogP contribution in [0.3, 0.4) is 0 Å². The highest BCUT2D eigenvalue weighted by molar-refractivity contribution is 8.03. The first-order valence-corrected chi connectivity index (χ1v) is 5.43. The molecule has 0 atom stereocenters. The molecule has 0 aliphatic rings. The van der Waals surface area contributed by atoms with Crippen molar-refractivity contribution in [3.63, 3.8) is 0 Å². The van der Waals surface area contributed by atoms with Gasteiger partial charge in [0.15, 0.2) is 0 Å². The third-order valence-corrected chi connectivity index (χ3v) is 1.96. The Morgan fingerprint density at radius 3 is 2.57 bits per heavy atom. The van der Waals surface area contributed by atoms with Crippen molar-refractivity contribution < 1.29 is 4.74 Å². The Morgan fingerprint density at radius 1 is 1.29 bits per heavy atom. The number of rotatable bonds is 2. The minimum Gasteiger partial charge on any atom is -0.497 e. The SMILES string of the molecule is COc1ccc(/C=C/C#CSC)cc1. The molecule has 2 heteroatoms. The Morgan fingerprint density at radius 2 is 2.00 bits per heavy atom. The third kappa shape index (κ3) is 3.59. The van der Waals surface area contributed by atoms with Gasteiger partial charge in [-0.2, -0.15) is 0 Å². The second-order valence-electron chi connectivity index (χ2n) is 2.56. The molecule has 1 aromatic rings. The van der Waals surface area contributed by atoms with Crippen molar-refractivity contribution >= 4 is 17.8 Å². The molecule has 0 aromatic heterocycles. The van der Waals surface area contributed by atoms with Gasteiger partial charge in [0.25, 0.3) is 0 Å². The van der Waals surface area contributed by atoms with Gasteiger partial charge < -0.3 is 4.74 Å². The first-order chi connectivity index (χ1) is 6.86. The molecule has 72 valence electrons. The van der Waals surface area contributed by atoms with E-state index in [1.165, 1.54) is 11.8 Å². The zero-order chi connectivity index (χ0) is 10.2. The molecule has 0 N–H and O–H groups in total. The lowest BCUT2D eigenvalue weighted by atomic mass is 10.2. The van der Waals surface area contributed by atoms with Crippen LogP contribution in [0, 0.1) is 11.2 Å². The number of hydrogen-bond acceptors (Lipinski definition) is 2. The van der Waals surface area contributed by atoms with E-state index in [1.54, 1.807) is 7.11 Å². The normalized spacial score (nSPS) is 9.57. The second-order valence-corrected chi connectivity index (χ2v) is 3.17. The lowest BCUT2D eigenvalue weighted by molar-refractivity contribution is 0.415. The zero-order valence-electron chi connectivity index (χ0n) is 8.28. The highest BCUT2D eigenvalue weighted by atomic mass is 32.2. The van der Waals surface area contributed by atoms with Crippen LogP contribution in [-0.4, -0.2) is 13.4 Å². The maximum absolute atomic E-state index is 5.06. The van der Waals surface area contributed by atoms with Crippen molar-refractivity contribution in [2.75, 3.05) is 13.4 Å². The summed E-state index contributed by atoms with van der Waals surface area (Å²) >= 11 is 1.51. The summed E-state index contributed by atoms with van der Waals surface area (Å²) in [6.07, 6.45) is 5.77. The van der Waals surface area contributed by atoms with Crippen LogP contribution in [0.1, 0.15) is 5.56 Å². The van der Waals surface area contributed by atoms with E-state index in [1.807, 2.05) is 42.7 Å². The Bertz CT molecular complexity index is 354. The fourth-order valence-corrected chi connectivity index (χ4v) is 1.13. The quantitative estimate of drug-likeness (QED) is 0.685. The number of thioether (sulfide) groups is 1. The van der Waals surface area contributed by atoms with E-state index in [-0.39, 0.29) is 0 Å². The molecule has 14 heavy (non-hydrogen) atoms. The third-order valence-electron chi connectivity index (χ3n) is 1.64. The van der Waals surface area contributed by atoms with E-state index in [0.717, 1.165) is 11.3 Å². The average molecular weight is 204 g/mol. The van der Waals surface area contributed by atoms with Crippen LogP contribution in [-0.2, 0) is 0 Å². The summed E-state index contributed by atoms with van der Waals surface area (Å²) in [5, 5.41) is 2.90. The maximum atomic E-state index is 5.06. The number of allylic oxidation sites excluding steroid dienone is 1. The van der Waals surface area contributed by atoms with Crippen LogP contribution in [0.2, 0.25) is 0 Å². The van der Waals surface area contributed by atoms with Crippen molar-refractivity contribution in [2.24, 2.45) is 0 Å². The topological polar surface area (TPSA) is 9.23 Å². The average Bonchev–Trinajstić information content (AvgIpc) is 2.25. The van der Waals surface area contributed by atoms with Gasteiger partial charge in [-0.1, -0.05) is 29.8 Å². The summed E-state index contributed by atoms with van der Waals surface area (Å²) in [6.45, 7) is 0. The molecule has 1 nitrogen and oxygen atoms in total. The van der Waals surface area contributed by atoms with Crippen molar-refractivity contribution in [3.05, 3.63) is 35.9 Å². The lowest BCUT2D eigenvalue weighted by Crippen LogP contribution is -1.81. The van der Waals surface area contributed by atoms with Crippen LogP contribution in [0.25, 0.3) is 6.08 Å². The van der Waals surface area contributed by atoms with Gasteiger partial charge in [0, 0.05) is 0 Å². The van der Waals surface area contributed by atoms with Gasteiger partial charge >= 0.3 is 0 Å². The van der Waals surface area contributed by atoms with Gasteiger partial charge in [-0.05, 0) is 41.4 Å². The van der Waals surface area contributed by atoms with Crippen LogP contribution < -0.4 is 4.74 Å². The predicted octanol–water partition coefficient (Wildman–Crippen LogP) is 3.03. The summed E-state index contributed by atoms with van der Waals surface area (Å²) in [7, 11) is 1.66. The first-order valence-electron chi connectivity index (χ1n) is 4.21. The Hall–Kier alpha value is -1.33. The van der Waals surface area contributed by atoms with Gasteiger partial charge in [0.05, 0.1) is 7.11 Å². The van der Waals surface area contributed by atoms with Gasteiger partial charge in [0.2, 0.25) is 0 Å². The fraction of sp³-hybridized carbons (Fsp3) is 0.167. The molecule has 0 bridgehead atoms. The molecular formula is C12H12OS. The number of ether oxygens (including phenoxy) is 1. The summed E-state index contributed by atoms with van der Waals surface area (Å²) in [5.41, 5.74) is 1.13. The van der Waals surface area contributed by atoms with Crippen molar-refractivity contribution in [1.29, 1.82) is 0 Å². The zero-order valence-corrected chi connectivity index (χ0v) is 9.10. The molecule has 0 unspecified atom stereocenters. The molecule has 1 rings (SSSR count). The molecule has 0 fully saturated rings.